The summed E-state index contributed by atoms with van der Waals surface area (Å²) in [6.07, 6.45) is 0. The van der Waals surface area contributed by atoms with Crippen molar-refractivity contribution in [2.75, 3.05) is 13.7 Å². The summed E-state index contributed by atoms with van der Waals surface area (Å²) < 4.78 is 11.6. The Kier molecular flexibility index (Phi) is 5.19. The van der Waals surface area contributed by atoms with Gasteiger partial charge < -0.3 is 14.1 Å². The normalized spacial score (nSPS) is 10.6. The summed E-state index contributed by atoms with van der Waals surface area (Å²) in [7, 11) is 1.73. The van der Waals surface area contributed by atoms with Gasteiger partial charge in [-0.25, -0.2) is 4.79 Å². The molecule has 128 valence electrons. The van der Waals surface area contributed by atoms with Crippen LogP contribution in [0.5, 0.6) is 5.75 Å². The van der Waals surface area contributed by atoms with E-state index in [1.165, 1.54) is 6.07 Å². The fourth-order valence-corrected chi connectivity index (χ4v) is 2.60. The van der Waals surface area contributed by atoms with E-state index in [0.29, 0.717) is 17.9 Å². The van der Waals surface area contributed by atoms with Gasteiger partial charge in [-0.15, -0.1) is 0 Å². The largest absolute Gasteiger partial charge is 0.484 e. The molecule has 0 radical (unpaired) electrons. The molecule has 0 saturated carbocycles. The Morgan fingerprint density at radius 2 is 1.84 bits per heavy atom. The molecule has 1 aromatic heterocycles. The van der Waals surface area contributed by atoms with Gasteiger partial charge in [-0.3, -0.25) is 4.79 Å². The standard InChI is InChI=1S/C19H16BrNO4/c1-21(11-13-2-6-15(20)7-3-13)18(22)12-24-16-8-4-14-5-9-19(23)25-17(14)10-16/h2-10H,11-12H2,1H3. The average Bonchev–Trinajstić information content (AvgIpc) is 2.61. The minimum Gasteiger partial charge on any atom is -0.484 e. The first-order valence-electron chi connectivity index (χ1n) is 7.66. The number of carbonyl (C=O) groups is 1. The van der Waals surface area contributed by atoms with Crippen molar-refractivity contribution in [1.29, 1.82) is 0 Å². The Hall–Kier alpha value is -2.60. The lowest BCUT2D eigenvalue weighted by Crippen LogP contribution is -2.30. The predicted octanol–water partition coefficient (Wildman–Crippen LogP) is 3.59. The highest BCUT2D eigenvalue weighted by molar-refractivity contribution is 9.10. The van der Waals surface area contributed by atoms with Crippen LogP contribution >= 0.6 is 15.9 Å². The zero-order chi connectivity index (χ0) is 17.8. The Morgan fingerprint density at radius 3 is 2.60 bits per heavy atom. The molecule has 0 fully saturated rings. The van der Waals surface area contributed by atoms with E-state index in [2.05, 4.69) is 15.9 Å². The molecule has 6 heteroatoms. The number of hydrogen-bond acceptors (Lipinski definition) is 4. The van der Waals surface area contributed by atoms with Crippen molar-refractivity contribution < 1.29 is 13.9 Å². The van der Waals surface area contributed by atoms with Crippen LogP contribution in [-0.4, -0.2) is 24.5 Å². The van der Waals surface area contributed by atoms with Crippen molar-refractivity contribution >= 4 is 32.8 Å². The summed E-state index contributed by atoms with van der Waals surface area (Å²) in [5, 5.41) is 0.797. The monoisotopic (exact) mass is 401 g/mol. The molecule has 0 N–H and O–H groups in total. The lowest BCUT2D eigenvalue weighted by Gasteiger charge is -2.17. The van der Waals surface area contributed by atoms with E-state index in [1.807, 2.05) is 24.3 Å². The fourth-order valence-electron chi connectivity index (χ4n) is 2.34. The fraction of sp³-hybridized carbons (Fsp3) is 0.158. The van der Waals surface area contributed by atoms with Gasteiger partial charge in [0.25, 0.3) is 5.91 Å². The molecule has 0 aliphatic heterocycles. The van der Waals surface area contributed by atoms with Gasteiger partial charge in [0.05, 0.1) is 0 Å². The van der Waals surface area contributed by atoms with Crippen molar-refractivity contribution in [2.45, 2.75) is 6.54 Å². The maximum atomic E-state index is 12.2. The summed E-state index contributed by atoms with van der Waals surface area (Å²) in [5.41, 5.74) is 1.04. The SMILES string of the molecule is CN(Cc1ccc(Br)cc1)C(=O)COc1ccc2ccc(=O)oc2c1. The van der Waals surface area contributed by atoms with E-state index < -0.39 is 5.63 Å². The van der Waals surface area contributed by atoms with Crippen molar-refractivity contribution in [3.05, 3.63) is 75.1 Å². The molecule has 0 atom stereocenters. The molecule has 0 saturated heterocycles. The van der Waals surface area contributed by atoms with Crippen LogP contribution in [0.3, 0.4) is 0 Å². The Labute approximate surface area is 152 Å². The smallest absolute Gasteiger partial charge is 0.336 e. The molecule has 0 unspecified atom stereocenters. The number of fused-ring (bicyclic) bond motifs is 1. The molecule has 25 heavy (non-hydrogen) atoms. The molecule has 0 aliphatic carbocycles. The van der Waals surface area contributed by atoms with Crippen molar-refractivity contribution in [2.24, 2.45) is 0 Å². The number of benzene rings is 2. The summed E-state index contributed by atoms with van der Waals surface area (Å²) in [6, 6.07) is 16.0. The zero-order valence-corrected chi connectivity index (χ0v) is 15.2. The first kappa shape index (κ1) is 17.2. The minimum absolute atomic E-state index is 0.0877. The number of halogens is 1. The third-order valence-corrected chi connectivity index (χ3v) is 4.24. The summed E-state index contributed by atoms with van der Waals surface area (Å²) in [4.78, 5) is 25.1. The number of hydrogen-bond donors (Lipinski definition) is 0. The van der Waals surface area contributed by atoms with Gasteiger partial charge in [0.15, 0.2) is 6.61 Å². The maximum Gasteiger partial charge on any atom is 0.336 e. The number of ether oxygens (including phenoxy) is 1. The van der Waals surface area contributed by atoms with Gasteiger partial charge in [0, 0.05) is 35.6 Å². The lowest BCUT2D eigenvalue weighted by atomic mass is 10.2. The minimum atomic E-state index is -0.421. The van der Waals surface area contributed by atoms with Gasteiger partial charge in [-0.05, 0) is 35.9 Å². The topological polar surface area (TPSA) is 59.8 Å². The van der Waals surface area contributed by atoms with Crippen LogP contribution in [-0.2, 0) is 11.3 Å². The molecular weight excluding hydrogens is 386 g/mol. The van der Waals surface area contributed by atoms with Crippen molar-refractivity contribution in [3.8, 4) is 5.75 Å². The van der Waals surface area contributed by atoms with Gasteiger partial charge in [0.1, 0.15) is 11.3 Å². The number of amides is 1. The first-order valence-corrected chi connectivity index (χ1v) is 8.46. The van der Waals surface area contributed by atoms with Crippen molar-refractivity contribution in [3.63, 3.8) is 0 Å². The molecule has 2 aromatic carbocycles. The first-order chi connectivity index (χ1) is 12.0. The second-order valence-corrected chi connectivity index (χ2v) is 6.53. The van der Waals surface area contributed by atoms with Crippen LogP contribution in [0.15, 0.2) is 68.3 Å². The molecule has 1 amide bonds. The van der Waals surface area contributed by atoms with Crippen LogP contribution in [0.2, 0.25) is 0 Å². The molecule has 5 nitrogen and oxygen atoms in total. The molecule has 3 rings (SSSR count). The van der Waals surface area contributed by atoms with E-state index in [-0.39, 0.29) is 12.5 Å². The molecule has 0 spiro atoms. The number of likely N-dealkylation sites (N-methyl/N-ethyl adjacent to an activating group) is 1. The van der Waals surface area contributed by atoms with E-state index in [0.717, 1.165) is 15.4 Å². The lowest BCUT2D eigenvalue weighted by molar-refractivity contribution is -0.132. The highest BCUT2D eigenvalue weighted by Crippen LogP contribution is 2.19. The maximum absolute atomic E-state index is 12.2. The van der Waals surface area contributed by atoms with E-state index >= 15 is 0 Å². The molecule has 0 bridgehead atoms. The van der Waals surface area contributed by atoms with E-state index in [9.17, 15) is 9.59 Å². The summed E-state index contributed by atoms with van der Waals surface area (Å²) in [6.45, 7) is 0.414. The van der Waals surface area contributed by atoms with Crippen LogP contribution in [0.4, 0.5) is 0 Å². The summed E-state index contributed by atoms with van der Waals surface area (Å²) in [5.74, 6) is 0.338. The van der Waals surface area contributed by atoms with Crippen LogP contribution in [0, 0.1) is 0 Å². The van der Waals surface area contributed by atoms with Gasteiger partial charge in [-0.1, -0.05) is 28.1 Å². The molecule has 1 heterocycles. The second kappa shape index (κ2) is 7.53. The van der Waals surface area contributed by atoms with Crippen LogP contribution < -0.4 is 10.4 Å². The van der Waals surface area contributed by atoms with Crippen LogP contribution in [0.25, 0.3) is 11.0 Å². The van der Waals surface area contributed by atoms with E-state index in [1.54, 1.807) is 36.2 Å². The second-order valence-electron chi connectivity index (χ2n) is 5.62. The molecule has 3 aromatic rings. The summed E-state index contributed by atoms with van der Waals surface area (Å²) >= 11 is 3.39. The average molecular weight is 402 g/mol. The van der Waals surface area contributed by atoms with Gasteiger partial charge in [-0.2, -0.15) is 0 Å². The highest BCUT2D eigenvalue weighted by Gasteiger charge is 2.11. The molecule has 0 aliphatic rings. The van der Waals surface area contributed by atoms with Gasteiger partial charge >= 0.3 is 5.63 Å². The van der Waals surface area contributed by atoms with Crippen LogP contribution in [0.1, 0.15) is 5.56 Å². The Bertz CT molecular complexity index is 950. The third-order valence-electron chi connectivity index (χ3n) is 3.72. The molecular formula is C19H16BrNO4. The highest BCUT2D eigenvalue weighted by atomic mass is 79.9. The number of nitrogens with zero attached hydrogens (tertiary/aromatic N) is 1. The Balaban J connectivity index is 1.61. The third kappa shape index (κ3) is 4.48. The quantitative estimate of drug-likeness (QED) is 0.612. The Morgan fingerprint density at radius 1 is 1.12 bits per heavy atom. The zero-order valence-electron chi connectivity index (χ0n) is 13.6. The van der Waals surface area contributed by atoms with Crippen molar-refractivity contribution in [1.82, 2.24) is 4.90 Å². The van der Waals surface area contributed by atoms with E-state index in [4.69, 9.17) is 9.15 Å². The van der Waals surface area contributed by atoms with Gasteiger partial charge in [0.2, 0.25) is 0 Å². The number of rotatable bonds is 5. The number of carbonyl (C=O) groups excluding carboxylic acids is 1. The predicted molar refractivity (Wildman–Crippen MR) is 98.6 cm³/mol.